The number of para-hydroxylation sites is 2. The van der Waals surface area contributed by atoms with Crippen molar-refractivity contribution in [3.63, 3.8) is 0 Å². The van der Waals surface area contributed by atoms with Crippen LogP contribution in [0.1, 0.15) is 16.1 Å². The average molecular weight is 480 g/mol. The first-order valence-electron chi connectivity index (χ1n) is 11.5. The number of carbonyl (C=O) groups is 1. The smallest absolute Gasteiger partial charge is 0.229 e. The fourth-order valence-corrected chi connectivity index (χ4v) is 4.99. The van der Waals surface area contributed by atoms with Gasteiger partial charge in [0.2, 0.25) is 17.7 Å². The molecule has 9 heteroatoms. The van der Waals surface area contributed by atoms with E-state index in [-0.39, 0.29) is 5.91 Å². The second kappa shape index (κ2) is 9.99. The second-order valence-corrected chi connectivity index (χ2v) is 9.65. The number of carbonyl (C=O) groups excluding carboxylic acids is 1. The van der Waals surface area contributed by atoms with Crippen LogP contribution in [0.2, 0.25) is 0 Å². The number of piperazine rings is 1. The van der Waals surface area contributed by atoms with Gasteiger partial charge in [-0.3, -0.25) is 4.79 Å². The van der Waals surface area contributed by atoms with E-state index in [1.807, 2.05) is 46.7 Å². The van der Waals surface area contributed by atoms with Crippen LogP contribution in [0.4, 0.5) is 5.95 Å². The average Bonchev–Trinajstić information content (AvgIpc) is 3.37. The molecule has 1 saturated heterocycles. The zero-order valence-electron chi connectivity index (χ0n) is 19.6. The summed E-state index contributed by atoms with van der Waals surface area (Å²) in [6, 6.07) is 11.5. The van der Waals surface area contributed by atoms with Crippen molar-refractivity contribution in [1.29, 1.82) is 0 Å². The molecule has 0 bridgehead atoms. The van der Waals surface area contributed by atoms with Crippen LogP contribution in [0.15, 0.2) is 41.8 Å². The summed E-state index contributed by atoms with van der Waals surface area (Å²) in [5, 5.41) is 2.00. The summed E-state index contributed by atoms with van der Waals surface area (Å²) in [5.74, 6) is 2.53. The molecule has 0 N–H and O–H groups in total. The van der Waals surface area contributed by atoms with Gasteiger partial charge < -0.3 is 24.2 Å². The summed E-state index contributed by atoms with van der Waals surface area (Å²) in [7, 11) is 3.75. The highest BCUT2D eigenvalue weighted by molar-refractivity contribution is 7.10. The fraction of sp³-hybridized carbons (Fsp3) is 0.400. The lowest BCUT2D eigenvalue weighted by Gasteiger charge is -2.34. The summed E-state index contributed by atoms with van der Waals surface area (Å²) in [6.07, 6.45) is 1.09. The fourth-order valence-electron chi connectivity index (χ4n) is 4.30. The summed E-state index contributed by atoms with van der Waals surface area (Å²) >= 11 is 1.61. The molecular weight excluding hydrogens is 450 g/mol. The van der Waals surface area contributed by atoms with Gasteiger partial charge in [-0.15, -0.1) is 11.3 Å². The van der Waals surface area contributed by atoms with Gasteiger partial charge in [0, 0.05) is 44.0 Å². The molecule has 1 aromatic carbocycles. The standard InChI is InChI=1S/C25H29N5O3S/c1-28-11-13-29(14-12-28)25-26-20-9-10-30(23(31)16-18-6-5-15-34-18)17-19(20)24(27-25)33-22-8-4-3-7-21(22)32-2/h3-8,15H,9-14,16-17H2,1-2H3. The van der Waals surface area contributed by atoms with Gasteiger partial charge in [-0.25, -0.2) is 4.98 Å². The molecule has 0 aliphatic carbocycles. The minimum Gasteiger partial charge on any atom is -0.493 e. The Hall–Kier alpha value is -3.17. The van der Waals surface area contributed by atoms with Gasteiger partial charge in [-0.2, -0.15) is 4.98 Å². The number of likely N-dealkylation sites (N-methyl/N-ethyl adjacent to an activating group) is 1. The largest absolute Gasteiger partial charge is 0.493 e. The summed E-state index contributed by atoms with van der Waals surface area (Å²) in [5.41, 5.74) is 1.82. The highest BCUT2D eigenvalue weighted by atomic mass is 32.1. The lowest BCUT2D eigenvalue weighted by Crippen LogP contribution is -2.45. The number of hydrogen-bond donors (Lipinski definition) is 0. The van der Waals surface area contributed by atoms with Crippen LogP contribution in [0.5, 0.6) is 17.4 Å². The molecule has 2 aliphatic heterocycles. The Morgan fingerprint density at radius 1 is 1.03 bits per heavy atom. The van der Waals surface area contributed by atoms with Gasteiger partial charge in [0.1, 0.15) is 0 Å². The zero-order valence-corrected chi connectivity index (χ0v) is 20.4. The van der Waals surface area contributed by atoms with E-state index in [9.17, 15) is 4.79 Å². The zero-order chi connectivity index (χ0) is 23.5. The third kappa shape index (κ3) is 4.85. The molecule has 2 aromatic heterocycles. The van der Waals surface area contributed by atoms with Crippen LogP contribution in [-0.2, 0) is 24.2 Å². The maximum atomic E-state index is 13.0. The molecule has 3 aromatic rings. The van der Waals surface area contributed by atoms with Crippen LogP contribution in [0.3, 0.4) is 0 Å². The number of fused-ring (bicyclic) bond motifs is 1. The van der Waals surface area contributed by atoms with Gasteiger partial charge in [-0.05, 0) is 30.6 Å². The maximum Gasteiger partial charge on any atom is 0.229 e. The Kier molecular flexibility index (Phi) is 6.64. The number of benzene rings is 1. The molecule has 2 aliphatic rings. The van der Waals surface area contributed by atoms with Crippen molar-refractivity contribution >= 4 is 23.2 Å². The monoisotopic (exact) mass is 479 g/mol. The predicted molar refractivity (Wildman–Crippen MR) is 132 cm³/mol. The molecule has 8 nitrogen and oxygen atoms in total. The molecule has 178 valence electrons. The van der Waals surface area contributed by atoms with Crippen molar-refractivity contribution in [2.75, 3.05) is 51.8 Å². The van der Waals surface area contributed by atoms with Crippen molar-refractivity contribution in [2.45, 2.75) is 19.4 Å². The van der Waals surface area contributed by atoms with Gasteiger partial charge in [-0.1, -0.05) is 18.2 Å². The van der Waals surface area contributed by atoms with E-state index in [4.69, 9.17) is 19.4 Å². The second-order valence-electron chi connectivity index (χ2n) is 8.62. The third-order valence-corrected chi connectivity index (χ3v) is 7.21. The molecule has 4 heterocycles. The molecular formula is C25H29N5O3S. The van der Waals surface area contributed by atoms with E-state index < -0.39 is 0 Å². The normalized spacial score (nSPS) is 16.3. The number of rotatable bonds is 6. The third-order valence-electron chi connectivity index (χ3n) is 6.33. The predicted octanol–water partition coefficient (Wildman–Crippen LogP) is 3.22. The summed E-state index contributed by atoms with van der Waals surface area (Å²) in [4.78, 5) is 30.3. The molecule has 0 radical (unpaired) electrons. The lowest BCUT2D eigenvalue weighted by atomic mass is 10.1. The molecule has 0 spiro atoms. The molecule has 1 fully saturated rings. The van der Waals surface area contributed by atoms with E-state index in [1.165, 1.54) is 0 Å². The first kappa shape index (κ1) is 22.6. The van der Waals surface area contributed by atoms with Crippen molar-refractivity contribution in [3.8, 4) is 17.4 Å². The number of ether oxygens (including phenoxy) is 2. The molecule has 0 unspecified atom stereocenters. The van der Waals surface area contributed by atoms with Crippen molar-refractivity contribution < 1.29 is 14.3 Å². The molecule has 1 amide bonds. The molecule has 34 heavy (non-hydrogen) atoms. The van der Waals surface area contributed by atoms with Gasteiger partial charge in [0.15, 0.2) is 11.5 Å². The Morgan fingerprint density at radius 2 is 1.82 bits per heavy atom. The maximum absolute atomic E-state index is 13.0. The van der Waals surface area contributed by atoms with Gasteiger partial charge >= 0.3 is 0 Å². The van der Waals surface area contributed by atoms with E-state index in [0.29, 0.717) is 49.3 Å². The minimum absolute atomic E-state index is 0.111. The molecule has 0 atom stereocenters. The summed E-state index contributed by atoms with van der Waals surface area (Å²) in [6.45, 7) is 4.75. The number of methoxy groups -OCH3 is 1. The van der Waals surface area contributed by atoms with E-state index in [1.54, 1.807) is 18.4 Å². The molecule has 5 rings (SSSR count). The Morgan fingerprint density at radius 3 is 2.56 bits per heavy atom. The van der Waals surface area contributed by atoms with Gasteiger partial charge in [0.05, 0.1) is 31.3 Å². The highest BCUT2D eigenvalue weighted by Crippen LogP contribution is 2.35. The SMILES string of the molecule is COc1ccccc1Oc1nc(N2CCN(C)CC2)nc2c1CN(C(=O)Cc1cccs1)CC2. The van der Waals surface area contributed by atoms with Crippen molar-refractivity contribution in [3.05, 3.63) is 57.9 Å². The first-order valence-corrected chi connectivity index (χ1v) is 12.4. The van der Waals surface area contributed by atoms with Crippen LogP contribution < -0.4 is 14.4 Å². The number of nitrogens with zero attached hydrogens (tertiary/aromatic N) is 5. The number of hydrogen-bond acceptors (Lipinski definition) is 8. The number of anilines is 1. The minimum atomic E-state index is 0.111. The molecule has 0 saturated carbocycles. The van der Waals surface area contributed by atoms with E-state index in [2.05, 4.69) is 16.8 Å². The van der Waals surface area contributed by atoms with Crippen LogP contribution in [0, 0.1) is 0 Å². The van der Waals surface area contributed by atoms with Crippen LogP contribution in [0.25, 0.3) is 0 Å². The lowest BCUT2D eigenvalue weighted by molar-refractivity contribution is -0.131. The van der Waals surface area contributed by atoms with Crippen LogP contribution in [-0.4, -0.2) is 72.6 Å². The van der Waals surface area contributed by atoms with Crippen molar-refractivity contribution in [1.82, 2.24) is 19.8 Å². The quantitative estimate of drug-likeness (QED) is 0.538. The summed E-state index contributed by atoms with van der Waals surface area (Å²) < 4.78 is 11.8. The Balaban J connectivity index is 1.46. The topological polar surface area (TPSA) is 71.0 Å². The number of aromatic nitrogens is 2. The van der Waals surface area contributed by atoms with E-state index in [0.717, 1.165) is 42.3 Å². The van der Waals surface area contributed by atoms with Crippen molar-refractivity contribution in [2.24, 2.45) is 0 Å². The van der Waals surface area contributed by atoms with Gasteiger partial charge in [0.25, 0.3) is 0 Å². The number of thiophene rings is 1. The first-order chi connectivity index (χ1) is 16.6. The Bertz CT molecular complexity index is 1150. The Labute approximate surface area is 203 Å². The van der Waals surface area contributed by atoms with E-state index >= 15 is 0 Å². The van der Waals surface area contributed by atoms with Crippen LogP contribution >= 0.6 is 11.3 Å². The highest BCUT2D eigenvalue weighted by Gasteiger charge is 2.29. The number of amides is 1.